The quantitative estimate of drug-likeness (QED) is 0.505. The van der Waals surface area contributed by atoms with E-state index < -0.39 is 0 Å². The van der Waals surface area contributed by atoms with Crippen LogP contribution in [0.15, 0.2) is 12.2 Å². The molecule has 0 heterocycles. The molecule has 26 heavy (non-hydrogen) atoms. The van der Waals surface area contributed by atoms with Gasteiger partial charge in [-0.15, -0.1) is 0 Å². The van der Waals surface area contributed by atoms with E-state index in [4.69, 9.17) is 5.73 Å². The van der Waals surface area contributed by atoms with Gasteiger partial charge in [0.05, 0.1) is 0 Å². The number of hydrogen-bond acceptors (Lipinski definition) is 1. The van der Waals surface area contributed by atoms with Gasteiger partial charge in [-0.2, -0.15) is 0 Å². The molecule has 1 heteroatoms. The Morgan fingerprint density at radius 3 is 2.42 bits per heavy atom. The van der Waals surface area contributed by atoms with Gasteiger partial charge >= 0.3 is 0 Å². The number of fused-ring (bicyclic) bond motifs is 7. The van der Waals surface area contributed by atoms with Crippen molar-refractivity contribution in [3.05, 3.63) is 12.2 Å². The average molecular weight is 356 g/mol. The Morgan fingerprint density at radius 2 is 1.62 bits per heavy atom. The highest BCUT2D eigenvalue weighted by Crippen LogP contribution is 2.74. The fourth-order valence-corrected chi connectivity index (χ4v) is 9.84. The zero-order valence-electron chi connectivity index (χ0n) is 17.7. The summed E-state index contributed by atoms with van der Waals surface area (Å²) in [6.45, 7) is 10.6. The standard InChI is InChI=1S/C25H41N/c1-17-7-5-12-22(2)18(17)11-14-24(4)21(22)10-9-19-20-8-6-13-25(20,26)16-15-23(19,24)3/h5,7,17-21H,6,8-16,26H2,1-4H3/t17?,18?,19?,20?,21?,22?,23-,24?,25?/m1/s1. The molecule has 9 atom stereocenters. The smallest absolute Gasteiger partial charge is 0.0185 e. The molecule has 0 spiro atoms. The van der Waals surface area contributed by atoms with Crippen LogP contribution in [-0.4, -0.2) is 5.54 Å². The highest BCUT2D eigenvalue weighted by atomic mass is 14.8. The van der Waals surface area contributed by atoms with Crippen molar-refractivity contribution >= 4 is 0 Å². The molecule has 0 aliphatic heterocycles. The molecule has 4 saturated carbocycles. The zero-order valence-corrected chi connectivity index (χ0v) is 17.7. The molecule has 0 aromatic heterocycles. The summed E-state index contributed by atoms with van der Waals surface area (Å²) in [6.07, 6.45) is 19.0. The molecular weight excluding hydrogens is 314 g/mol. The van der Waals surface area contributed by atoms with Crippen LogP contribution in [0.3, 0.4) is 0 Å². The molecule has 0 bridgehead atoms. The van der Waals surface area contributed by atoms with Crippen molar-refractivity contribution in [1.29, 1.82) is 0 Å². The lowest BCUT2D eigenvalue weighted by atomic mass is 9.34. The minimum atomic E-state index is 0.191. The number of rotatable bonds is 0. The molecule has 5 rings (SSSR count). The second kappa shape index (κ2) is 5.40. The third-order valence-electron chi connectivity index (χ3n) is 11.4. The maximum absolute atomic E-state index is 6.98. The molecule has 0 aromatic rings. The molecule has 146 valence electrons. The van der Waals surface area contributed by atoms with Crippen LogP contribution in [0.25, 0.3) is 0 Å². The van der Waals surface area contributed by atoms with E-state index in [0.717, 1.165) is 29.6 Å². The lowest BCUT2D eigenvalue weighted by Crippen LogP contribution is -2.66. The van der Waals surface area contributed by atoms with E-state index in [9.17, 15) is 0 Å². The van der Waals surface area contributed by atoms with Crippen molar-refractivity contribution in [3.63, 3.8) is 0 Å². The van der Waals surface area contributed by atoms with E-state index in [0.29, 0.717) is 16.2 Å². The lowest BCUT2D eigenvalue weighted by molar-refractivity contribution is -0.210. The number of nitrogens with two attached hydrogens (primary N) is 1. The third kappa shape index (κ3) is 1.97. The SMILES string of the molecule is CC1C=CCC2(C)C1CCC1(C)C2CCC2C3CCCC3(N)CC[C@]21C. The minimum absolute atomic E-state index is 0.191. The third-order valence-corrected chi connectivity index (χ3v) is 11.4. The van der Waals surface area contributed by atoms with Gasteiger partial charge in [-0.25, -0.2) is 0 Å². The van der Waals surface area contributed by atoms with Crippen LogP contribution >= 0.6 is 0 Å². The predicted molar refractivity (Wildman–Crippen MR) is 110 cm³/mol. The molecule has 5 aliphatic carbocycles. The maximum Gasteiger partial charge on any atom is 0.0185 e. The lowest BCUT2D eigenvalue weighted by Gasteiger charge is -2.71. The Balaban J connectivity index is 1.55. The summed E-state index contributed by atoms with van der Waals surface area (Å²) in [6, 6.07) is 0. The monoisotopic (exact) mass is 355 g/mol. The van der Waals surface area contributed by atoms with Crippen LogP contribution in [0.5, 0.6) is 0 Å². The van der Waals surface area contributed by atoms with Gasteiger partial charge in [-0.3, -0.25) is 0 Å². The minimum Gasteiger partial charge on any atom is -0.325 e. The molecule has 4 fully saturated rings. The average Bonchev–Trinajstić information content (AvgIpc) is 2.97. The summed E-state index contributed by atoms with van der Waals surface area (Å²) in [7, 11) is 0. The second-order valence-electron chi connectivity index (χ2n) is 11.9. The summed E-state index contributed by atoms with van der Waals surface area (Å²) in [5, 5.41) is 0. The summed E-state index contributed by atoms with van der Waals surface area (Å²) in [5.74, 6) is 4.31. The van der Waals surface area contributed by atoms with Crippen LogP contribution < -0.4 is 5.73 Å². The van der Waals surface area contributed by atoms with E-state index in [1.165, 1.54) is 64.2 Å². The topological polar surface area (TPSA) is 26.0 Å². The highest BCUT2D eigenvalue weighted by Gasteiger charge is 2.67. The summed E-state index contributed by atoms with van der Waals surface area (Å²) < 4.78 is 0. The van der Waals surface area contributed by atoms with Gasteiger partial charge in [0.2, 0.25) is 0 Å². The molecule has 0 aromatic carbocycles. The van der Waals surface area contributed by atoms with Crippen LogP contribution in [0.4, 0.5) is 0 Å². The first-order chi connectivity index (χ1) is 12.2. The van der Waals surface area contributed by atoms with E-state index >= 15 is 0 Å². The van der Waals surface area contributed by atoms with Gasteiger partial charge < -0.3 is 5.73 Å². The largest absolute Gasteiger partial charge is 0.325 e. The first-order valence-corrected chi connectivity index (χ1v) is 11.7. The molecule has 5 aliphatic rings. The first kappa shape index (κ1) is 17.8. The van der Waals surface area contributed by atoms with Gasteiger partial charge in [-0.05, 0) is 104 Å². The molecule has 0 saturated heterocycles. The van der Waals surface area contributed by atoms with Gasteiger partial charge in [0, 0.05) is 5.54 Å². The first-order valence-electron chi connectivity index (χ1n) is 11.7. The highest BCUT2D eigenvalue weighted by molar-refractivity contribution is 5.20. The Hall–Kier alpha value is -0.300. The van der Waals surface area contributed by atoms with Gasteiger partial charge in [-0.1, -0.05) is 46.3 Å². The number of hydrogen-bond donors (Lipinski definition) is 1. The zero-order chi connectivity index (χ0) is 18.4. The van der Waals surface area contributed by atoms with Crippen LogP contribution in [0.1, 0.15) is 91.9 Å². The van der Waals surface area contributed by atoms with Crippen LogP contribution in [0.2, 0.25) is 0 Å². The molecule has 8 unspecified atom stereocenters. The van der Waals surface area contributed by atoms with Gasteiger partial charge in [0.15, 0.2) is 0 Å². The second-order valence-corrected chi connectivity index (χ2v) is 11.9. The van der Waals surface area contributed by atoms with Crippen molar-refractivity contribution in [2.24, 2.45) is 51.6 Å². The van der Waals surface area contributed by atoms with Crippen molar-refractivity contribution in [2.45, 2.75) is 97.4 Å². The fourth-order valence-electron chi connectivity index (χ4n) is 9.84. The van der Waals surface area contributed by atoms with Crippen LogP contribution in [0, 0.1) is 45.8 Å². The fraction of sp³-hybridized carbons (Fsp3) is 0.920. The van der Waals surface area contributed by atoms with Crippen LogP contribution in [-0.2, 0) is 0 Å². The number of allylic oxidation sites excluding steroid dienone is 2. The summed E-state index contributed by atoms with van der Waals surface area (Å²) in [4.78, 5) is 0. The van der Waals surface area contributed by atoms with Crippen molar-refractivity contribution in [1.82, 2.24) is 0 Å². The molecule has 0 amide bonds. The molecule has 0 radical (unpaired) electrons. The Kier molecular flexibility index (Phi) is 3.69. The molecule has 1 nitrogen and oxygen atoms in total. The normalized spacial score (nSPS) is 61.3. The Morgan fingerprint density at radius 1 is 0.808 bits per heavy atom. The Bertz CT molecular complexity index is 624. The maximum atomic E-state index is 6.98. The predicted octanol–water partition coefficient (Wildman–Crippen LogP) is 6.33. The van der Waals surface area contributed by atoms with Crippen molar-refractivity contribution in [2.75, 3.05) is 0 Å². The van der Waals surface area contributed by atoms with Crippen molar-refractivity contribution < 1.29 is 0 Å². The van der Waals surface area contributed by atoms with E-state index in [1.807, 2.05) is 0 Å². The van der Waals surface area contributed by atoms with E-state index in [2.05, 4.69) is 39.8 Å². The van der Waals surface area contributed by atoms with E-state index in [-0.39, 0.29) is 5.54 Å². The molecular formula is C25H41N. The van der Waals surface area contributed by atoms with E-state index in [1.54, 1.807) is 0 Å². The van der Waals surface area contributed by atoms with Crippen molar-refractivity contribution in [3.8, 4) is 0 Å². The van der Waals surface area contributed by atoms with Gasteiger partial charge in [0.1, 0.15) is 0 Å². The Labute approximate surface area is 161 Å². The molecule has 2 N–H and O–H groups in total. The van der Waals surface area contributed by atoms with Gasteiger partial charge in [0.25, 0.3) is 0 Å². The summed E-state index contributed by atoms with van der Waals surface area (Å²) >= 11 is 0. The summed E-state index contributed by atoms with van der Waals surface area (Å²) in [5.41, 5.74) is 8.75.